The molecule has 1 aromatic carbocycles. The van der Waals surface area contributed by atoms with Crippen molar-refractivity contribution in [3.8, 4) is 11.5 Å². The largest absolute Gasteiger partial charge is 0.485 e. The molecule has 0 spiro atoms. The third kappa shape index (κ3) is 4.16. The number of ether oxygens (including phenoxy) is 3. The predicted octanol–water partition coefficient (Wildman–Crippen LogP) is 2.49. The number of fused-ring (bicyclic) bond motifs is 1. The first kappa shape index (κ1) is 16.1. The summed E-state index contributed by atoms with van der Waals surface area (Å²) in [5.41, 5.74) is 0. The van der Waals surface area contributed by atoms with E-state index in [0.29, 0.717) is 11.5 Å². The Morgan fingerprint density at radius 3 is 2.74 bits per heavy atom. The van der Waals surface area contributed by atoms with E-state index < -0.39 is 6.10 Å². The molecule has 2 heterocycles. The van der Waals surface area contributed by atoms with E-state index in [1.54, 1.807) is 6.07 Å². The van der Waals surface area contributed by atoms with E-state index in [1.807, 2.05) is 25.1 Å². The van der Waals surface area contributed by atoms with E-state index in [2.05, 4.69) is 11.8 Å². The average molecular weight is 319 g/mol. The third-order valence-electron chi connectivity index (χ3n) is 4.48. The van der Waals surface area contributed by atoms with Crippen LogP contribution < -0.4 is 9.47 Å². The molecule has 2 aliphatic rings. The topological polar surface area (TPSA) is 48.0 Å². The van der Waals surface area contributed by atoms with E-state index in [4.69, 9.17) is 14.2 Å². The molecule has 0 aliphatic carbocycles. The van der Waals surface area contributed by atoms with Crippen molar-refractivity contribution in [2.24, 2.45) is 5.92 Å². The molecule has 1 aromatic rings. The van der Waals surface area contributed by atoms with E-state index >= 15 is 0 Å². The Morgan fingerprint density at radius 1 is 1.30 bits per heavy atom. The quantitative estimate of drug-likeness (QED) is 0.798. The van der Waals surface area contributed by atoms with Crippen LogP contribution in [0.3, 0.4) is 0 Å². The minimum atomic E-state index is -0.686. The lowest BCUT2D eigenvalue weighted by Crippen LogP contribution is -2.43. The van der Waals surface area contributed by atoms with Gasteiger partial charge >= 0.3 is 5.97 Å². The zero-order valence-corrected chi connectivity index (χ0v) is 13.9. The van der Waals surface area contributed by atoms with Gasteiger partial charge in [0.25, 0.3) is 0 Å². The van der Waals surface area contributed by atoms with E-state index in [-0.39, 0.29) is 18.7 Å². The fourth-order valence-corrected chi connectivity index (χ4v) is 3.06. The van der Waals surface area contributed by atoms with Crippen molar-refractivity contribution in [3.05, 3.63) is 24.3 Å². The highest BCUT2D eigenvalue weighted by Crippen LogP contribution is 2.31. The number of carbonyl (C=O) groups excluding carboxylic acids is 1. The van der Waals surface area contributed by atoms with Crippen molar-refractivity contribution in [2.75, 3.05) is 26.2 Å². The number of piperidine rings is 1. The predicted molar refractivity (Wildman–Crippen MR) is 86.7 cm³/mol. The van der Waals surface area contributed by atoms with Gasteiger partial charge in [0.15, 0.2) is 11.5 Å². The molecular weight excluding hydrogens is 294 g/mol. The lowest BCUT2D eigenvalue weighted by molar-refractivity contribution is -0.160. The molecule has 2 aliphatic heterocycles. The van der Waals surface area contributed by atoms with E-state index in [1.165, 1.54) is 12.8 Å². The standard InChI is InChI=1S/C18H25NO4/c1-13-7-9-19(10-8-13)11-14(2)22-18(20)17-12-21-15-5-3-4-6-16(15)23-17/h3-6,13-14,17H,7-12H2,1-2H3/t14-,17-/m1/s1. The van der Waals surface area contributed by atoms with Gasteiger partial charge in [-0.2, -0.15) is 0 Å². The summed E-state index contributed by atoms with van der Waals surface area (Å²) >= 11 is 0. The molecule has 1 saturated heterocycles. The van der Waals surface area contributed by atoms with Crippen molar-refractivity contribution in [1.82, 2.24) is 4.90 Å². The zero-order valence-electron chi connectivity index (χ0n) is 13.9. The van der Waals surface area contributed by atoms with E-state index in [9.17, 15) is 4.79 Å². The maximum absolute atomic E-state index is 12.3. The van der Waals surface area contributed by atoms with Crippen LogP contribution in [0.4, 0.5) is 0 Å². The highest BCUT2D eigenvalue weighted by atomic mass is 16.6. The summed E-state index contributed by atoms with van der Waals surface area (Å²) in [6.45, 7) is 7.37. The first-order valence-corrected chi connectivity index (χ1v) is 8.43. The van der Waals surface area contributed by atoms with Gasteiger partial charge in [0, 0.05) is 6.54 Å². The number of benzene rings is 1. The molecule has 0 bridgehead atoms. The number of rotatable bonds is 4. The van der Waals surface area contributed by atoms with Gasteiger partial charge in [0.05, 0.1) is 0 Å². The second kappa shape index (κ2) is 7.21. The van der Waals surface area contributed by atoms with Crippen LogP contribution in [0.1, 0.15) is 26.7 Å². The van der Waals surface area contributed by atoms with Crippen LogP contribution in [0.2, 0.25) is 0 Å². The summed E-state index contributed by atoms with van der Waals surface area (Å²) in [4.78, 5) is 14.6. The lowest BCUT2D eigenvalue weighted by Gasteiger charge is -2.32. The van der Waals surface area contributed by atoms with Crippen molar-refractivity contribution in [1.29, 1.82) is 0 Å². The highest BCUT2D eigenvalue weighted by Gasteiger charge is 2.30. The normalized spacial score (nSPS) is 23.3. The molecule has 0 N–H and O–H groups in total. The fraction of sp³-hybridized carbons (Fsp3) is 0.611. The van der Waals surface area contributed by atoms with Crippen LogP contribution in [0.15, 0.2) is 24.3 Å². The Morgan fingerprint density at radius 2 is 2.00 bits per heavy atom. The molecule has 0 amide bonds. The summed E-state index contributed by atoms with van der Waals surface area (Å²) < 4.78 is 16.8. The van der Waals surface area contributed by atoms with Crippen LogP contribution >= 0.6 is 0 Å². The van der Waals surface area contributed by atoms with Crippen LogP contribution in [0, 0.1) is 5.92 Å². The van der Waals surface area contributed by atoms with Crippen LogP contribution in [-0.2, 0) is 9.53 Å². The van der Waals surface area contributed by atoms with Gasteiger partial charge in [-0.15, -0.1) is 0 Å². The molecule has 0 radical (unpaired) electrons. The molecular formula is C18H25NO4. The second-order valence-corrected chi connectivity index (χ2v) is 6.59. The second-order valence-electron chi connectivity index (χ2n) is 6.59. The molecule has 0 aromatic heterocycles. The maximum atomic E-state index is 12.3. The molecule has 2 atom stereocenters. The monoisotopic (exact) mass is 319 g/mol. The van der Waals surface area contributed by atoms with E-state index in [0.717, 1.165) is 25.6 Å². The number of hydrogen-bond donors (Lipinski definition) is 0. The number of carbonyl (C=O) groups is 1. The van der Waals surface area contributed by atoms with Crippen LogP contribution in [-0.4, -0.2) is 49.3 Å². The zero-order chi connectivity index (χ0) is 16.2. The lowest BCUT2D eigenvalue weighted by atomic mass is 9.99. The summed E-state index contributed by atoms with van der Waals surface area (Å²) in [5.74, 6) is 1.72. The van der Waals surface area contributed by atoms with Gasteiger partial charge in [-0.1, -0.05) is 19.1 Å². The molecule has 1 fully saturated rings. The van der Waals surface area contributed by atoms with Gasteiger partial charge in [-0.25, -0.2) is 4.79 Å². The fourth-order valence-electron chi connectivity index (χ4n) is 3.06. The van der Waals surface area contributed by atoms with Crippen LogP contribution in [0.5, 0.6) is 11.5 Å². The SMILES string of the molecule is CC1CCN(C[C@@H](C)OC(=O)[C@H]2COc3ccccc3O2)CC1. The Kier molecular flexibility index (Phi) is 5.06. The Bertz CT molecular complexity index is 540. The van der Waals surface area contributed by atoms with Crippen molar-refractivity contribution in [3.63, 3.8) is 0 Å². The Balaban J connectivity index is 1.47. The summed E-state index contributed by atoms with van der Waals surface area (Å²) in [6.07, 6.45) is 1.61. The first-order valence-electron chi connectivity index (χ1n) is 8.43. The number of para-hydroxylation sites is 2. The molecule has 126 valence electrons. The maximum Gasteiger partial charge on any atom is 0.351 e. The summed E-state index contributed by atoms with van der Waals surface area (Å²) in [7, 11) is 0. The molecule has 0 unspecified atom stereocenters. The van der Waals surface area contributed by atoms with Crippen molar-refractivity contribution in [2.45, 2.75) is 38.9 Å². The number of nitrogens with zero attached hydrogens (tertiary/aromatic N) is 1. The third-order valence-corrected chi connectivity index (χ3v) is 4.48. The van der Waals surface area contributed by atoms with Crippen LogP contribution in [0.25, 0.3) is 0 Å². The molecule has 0 saturated carbocycles. The number of esters is 1. The van der Waals surface area contributed by atoms with Gasteiger partial charge < -0.3 is 14.2 Å². The molecule has 5 heteroatoms. The number of hydrogen-bond acceptors (Lipinski definition) is 5. The minimum Gasteiger partial charge on any atom is -0.485 e. The Labute approximate surface area is 137 Å². The molecule has 3 rings (SSSR count). The first-order chi connectivity index (χ1) is 11.1. The number of likely N-dealkylation sites (tertiary alicyclic amines) is 1. The van der Waals surface area contributed by atoms with Gasteiger partial charge in [-0.3, -0.25) is 4.90 Å². The highest BCUT2D eigenvalue weighted by molar-refractivity contribution is 5.76. The average Bonchev–Trinajstić information content (AvgIpc) is 2.56. The van der Waals surface area contributed by atoms with Gasteiger partial charge in [-0.05, 0) is 50.9 Å². The van der Waals surface area contributed by atoms with Crippen molar-refractivity contribution >= 4 is 5.97 Å². The minimum absolute atomic E-state index is 0.142. The molecule has 23 heavy (non-hydrogen) atoms. The smallest absolute Gasteiger partial charge is 0.351 e. The van der Waals surface area contributed by atoms with Gasteiger partial charge in [0.1, 0.15) is 12.7 Å². The Hall–Kier alpha value is -1.75. The summed E-state index contributed by atoms with van der Waals surface area (Å²) in [6, 6.07) is 7.36. The summed E-state index contributed by atoms with van der Waals surface area (Å²) in [5, 5.41) is 0. The van der Waals surface area contributed by atoms with Gasteiger partial charge in [0.2, 0.25) is 6.10 Å². The van der Waals surface area contributed by atoms with Crippen molar-refractivity contribution < 1.29 is 19.0 Å². The molecule has 5 nitrogen and oxygen atoms in total.